The third kappa shape index (κ3) is 3.73. The van der Waals surface area contributed by atoms with Crippen LogP contribution in [0.2, 0.25) is 5.02 Å². The molecule has 1 heterocycles. The summed E-state index contributed by atoms with van der Waals surface area (Å²) in [5.74, 6) is 0.849. The van der Waals surface area contributed by atoms with Gasteiger partial charge in [0.2, 0.25) is 0 Å². The molecule has 1 aromatic carbocycles. The fraction of sp³-hybridized carbons (Fsp3) is 0.562. The van der Waals surface area contributed by atoms with Gasteiger partial charge in [0.1, 0.15) is 0 Å². The SMILES string of the molecule is CCCC1CCCN(c2ccc(Cl)cc2C=O)CC1. The number of hydrogen-bond acceptors (Lipinski definition) is 2. The Morgan fingerprint density at radius 1 is 1.37 bits per heavy atom. The van der Waals surface area contributed by atoms with Gasteiger partial charge in [0.05, 0.1) is 0 Å². The maximum atomic E-state index is 11.2. The van der Waals surface area contributed by atoms with Crippen LogP contribution in [0, 0.1) is 5.92 Å². The van der Waals surface area contributed by atoms with Crippen LogP contribution in [-0.2, 0) is 0 Å². The number of halogens is 1. The molecule has 0 saturated carbocycles. The van der Waals surface area contributed by atoms with E-state index in [1.807, 2.05) is 12.1 Å². The zero-order valence-corrected chi connectivity index (χ0v) is 12.3. The molecule has 1 atom stereocenters. The lowest BCUT2D eigenvalue weighted by Crippen LogP contribution is -2.25. The normalized spacial score (nSPS) is 20.1. The Morgan fingerprint density at radius 3 is 2.95 bits per heavy atom. The second-order valence-corrected chi connectivity index (χ2v) is 5.83. The minimum atomic E-state index is 0.629. The molecule has 19 heavy (non-hydrogen) atoms. The van der Waals surface area contributed by atoms with Crippen molar-refractivity contribution in [1.82, 2.24) is 0 Å². The molecule has 0 amide bonds. The summed E-state index contributed by atoms with van der Waals surface area (Å²) in [7, 11) is 0. The van der Waals surface area contributed by atoms with E-state index >= 15 is 0 Å². The van der Waals surface area contributed by atoms with E-state index in [9.17, 15) is 4.79 Å². The van der Waals surface area contributed by atoms with Crippen molar-refractivity contribution in [1.29, 1.82) is 0 Å². The van der Waals surface area contributed by atoms with Gasteiger partial charge in [-0.15, -0.1) is 0 Å². The highest BCUT2D eigenvalue weighted by Crippen LogP contribution is 2.28. The van der Waals surface area contributed by atoms with Gasteiger partial charge in [0.25, 0.3) is 0 Å². The summed E-state index contributed by atoms with van der Waals surface area (Å²) in [6.45, 7) is 4.35. The Morgan fingerprint density at radius 2 is 2.21 bits per heavy atom. The van der Waals surface area contributed by atoms with Crippen molar-refractivity contribution >= 4 is 23.6 Å². The Bertz CT molecular complexity index is 433. The summed E-state index contributed by atoms with van der Waals surface area (Å²) in [4.78, 5) is 13.5. The molecule has 1 aliphatic heterocycles. The smallest absolute Gasteiger partial charge is 0.152 e. The van der Waals surface area contributed by atoms with Gasteiger partial charge in [-0.1, -0.05) is 31.4 Å². The summed E-state index contributed by atoms with van der Waals surface area (Å²) < 4.78 is 0. The van der Waals surface area contributed by atoms with E-state index in [-0.39, 0.29) is 0 Å². The zero-order valence-electron chi connectivity index (χ0n) is 11.6. The largest absolute Gasteiger partial charge is 0.371 e. The summed E-state index contributed by atoms with van der Waals surface area (Å²) in [5.41, 5.74) is 1.75. The van der Waals surface area contributed by atoms with Crippen molar-refractivity contribution in [3.05, 3.63) is 28.8 Å². The van der Waals surface area contributed by atoms with Crippen molar-refractivity contribution in [2.75, 3.05) is 18.0 Å². The molecule has 0 radical (unpaired) electrons. The van der Waals surface area contributed by atoms with Crippen LogP contribution in [0.3, 0.4) is 0 Å². The first kappa shape index (κ1) is 14.4. The van der Waals surface area contributed by atoms with Crippen LogP contribution in [0.15, 0.2) is 18.2 Å². The number of benzene rings is 1. The van der Waals surface area contributed by atoms with E-state index in [4.69, 9.17) is 11.6 Å². The first-order valence-electron chi connectivity index (χ1n) is 7.24. The third-order valence-corrected chi connectivity index (χ3v) is 4.24. The second kappa shape index (κ2) is 6.95. The average molecular weight is 280 g/mol. The summed E-state index contributed by atoms with van der Waals surface area (Å²) in [6, 6.07) is 5.61. The minimum absolute atomic E-state index is 0.629. The first-order chi connectivity index (χ1) is 9.24. The van der Waals surface area contributed by atoms with Crippen molar-refractivity contribution in [2.24, 2.45) is 5.92 Å². The van der Waals surface area contributed by atoms with E-state index in [2.05, 4.69) is 11.8 Å². The number of anilines is 1. The minimum Gasteiger partial charge on any atom is -0.371 e. The fourth-order valence-corrected chi connectivity index (χ4v) is 3.19. The van der Waals surface area contributed by atoms with E-state index < -0.39 is 0 Å². The third-order valence-electron chi connectivity index (χ3n) is 4.00. The van der Waals surface area contributed by atoms with Crippen LogP contribution >= 0.6 is 11.6 Å². The second-order valence-electron chi connectivity index (χ2n) is 5.39. The van der Waals surface area contributed by atoms with Crippen molar-refractivity contribution < 1.29 is 4.79 Å². The van der Waals surface area contributed by atoms with Gasteiger partial charge >= 0.3 is 0 Å². The molecule has 2 rings (SSSR count). The van der Waals surface area contributed by atoms with Crippen LogP contribution in [0.4, 0.5) is 5.69 Å². The number of aldehydes is 1. The van der Waals surface area contributed by atoms with Crippen molar-refractivity contribution in [3.8, 4) is 0 Å². The topological polar surface area (TPSA) is 20.3 Å². The molecule has 0 aliphatic carbocycles. The summed E-state index contributed by atoms with van der Waals surface area (Å²) in [5, 5.41) is 0.629. The lowest BCUT2D eigenvalue weighted by Gasteiger charge is -2.24. The maximum absolute atomic E-state index is 11.2. The summed E-state index contributed by atoms with van der Waals surface area (Å²) in [6.07, 6.45) is 7.27. The standard InChI is InChI=1S/C16H22ClNO/c1-2-4-13-5-3-9-18(10-8-13)16-7-6-15(17)11-14(16)12-19/h6-7,11-13H,2-5,8-10H2,1H3. The highest BCUT2D eigenvalue weighted by atomic mass is 35.5. The molecular formula is C16H22ClNO. The lowest BCUT2D eigenvalue weighted by molar-refractivity contribution is 0.112. The van der Waals surface area contributed by atoms with E-state index in [0.717, 1.165) is 31.0 Å². The molecule has 104 valence electrons. The van der Waals surface area contributed by atoms with Crippen LogP contribution in [0.25, 0.3) is 0 Å². The Kier molecular flexibility index (Phi) is 5.26. The molecule has 0 bridgehead atoms. The van der Waals surface area contributed by atoms with E-state index in [0.29, 0.717) is 10.6 Å². The van der Waals surface area contributed by atoms with Crippen LogP contribution in [0.1, 0.15) is 49.4 Å². The molecule has 1 saturated heterocycles. The quantitative estimate of drug-likeness (QED) is 0.753. The Hall–Kier alpha value is -1.02. The van der Waals surface area contributed by atoms with Crippen LogP contribution in [0.5, 0.6) is 0 Å². The van der Waals surface area contributed by atoms with E-state index in [1.54, 1.807) is 6.07 Å². The highest BCUT2D eigenvalue weighted by molar-refractivity contribution is 6.31. The number of carbonyl (C=O) groups is 1. The zero-order chi connectivity index (χ0) is 13.7. The number of rotatable bonds is 4. The Balaban J connectivity index is 2.11. The molecular weight excluding hydrogens is 258 g/mol. The predicted molar refractivity (Wildman–Crippen MR) is 81.3 cm³/mol. The van der Waals surface area contributed by atoms with Gasteiger partial charge in [-0.3, -0.25) is 4.79 Å². The molecule has 1 aromatic rings. The number of hydrogen-bond donors (Lipinski definition) is 0. The van der Waals surface area contributed by atoms with Crippen molar-refractivity contribution in [2.45, 2.75) is 39.0 Å². The van der Waals surface area contributed by atoms with Gasteiger partial charge in [-0.25, -0.2) is 0 Å². The molecule has 2 nitrogen and oxygen atoms in total. The Labute approximate surface area is 120 Å². The summed E-state index contributed by atoms with van der Waals surface area (Å²) >= 11 is 5.95. The molecule has 1 unspecified atom stereocenters. The maximum Gasteiger partial charge on any atom is 0.152 e. The molecule has 0 spiro atoms. The fourth-order valence-electron chi connectivity index (χ4n) is 3.01. The van der Waals surface area contributed by atoms with Gasteiger partial charge < -0.3 is 4.90 Å². The molecule has 1 fully saturated rings. The van der Waals surface area contributed by atoms with E-state index in [1.165, 1.54) is 32.1 Å². The monoisotopic (exact) mass is 279 g/mol. The average Bonchev–Trinajstić information content (AvgIpc) is 2.65. The molecule has 3 heteroatoms. The lowest BCUT2D eigenvalue weighted by atomic mass is 9.96. The van der Waals surface area contributed by atoms with Gasteiger partial charge in [0, 0.05) is 29.4 Å². The van der Waals surface area contributed by atoms with Crippen LogP contribution < -0.4 is 4.90 Å². The van der Waals surface area contributed by atoms with Gasteiger partial charge in [0.15, 0.2) is 6.29 Å². The number of carbonyl (C=O) groups excluding carboxylic acids is 1. The van der Waals surface area contributed by atoms with Gasteiger partial charge in [-0.05, 0) is 43.4 Å². The molecule has 0 N–H and O–H groups in total. The first-order valence-corrected chi connectivity index (χ1v) is 7.62. The van der Waals surface area contributed by atoms with Crippen LogP contribution in [-0.4, -0.2) is 19.4 Å². The predicted octanol–water partition coefficient (Wildman–Crippen LogP) is 4.56. The van der Waals surface area contributed by atoms with Crippen molar-refractivity contribution in [3.63, 3.8) is 0 Å². The molecule has 0 aromatic heterocycles. The van der Waals surface area contributed by atoms with Gasteiger partial charge in [-0.2, -0.15) is 0 Å². The molecule has 1 aliphatic rings. The number of nitrogens with zero attached hydrogens (tertiary/aromatic N) is 1. The highest BCUT2D eigenvalue weighted by Gasteiger charge is 2.18.